The van der Waals surface area contributed by atoms with Crippen molar-refractivity contribution < 1.29 is 0 Å². The van der Waals surface area contributed by atoms with Gasteiger partial charge in [-0.25, -0.2) is 0 Å². The van der Waals surface area contributed by atoms with Crippen molar-refractivity contribution in [2.75, 3.05) is 0 Å². The fraction of sp³-hybridized carbons (Fsp3) is 1.00. The van der Waals surface area contributed by atoms with Crippen molar-refractivity contribution in [2.24, 2.45) is 45.8 Å². The molecule has 0 aromatic rings. The average molecular weight is 305 g/mol. The molecule has 0 spiro atoms. The van der Waals surface area contributed by atoms with Gasteiger partial charge in [0.25, 0.3) is 0 Å². The van der Waals surface area contributed by atoms with Crippen LogP contribution in [0.25, 0.3) is 0 Å². The van der Waals surface area contributed by atoms with Gasteiger partial charge < -0.3 is 0 Å². The minimum atomic E-state index is 0.657. The van der Waals surface area contributed by atoms with E-state index in [1.165, 1.54) is 44.9 Å². The van der Waals surface area contributed by atoms with Crippen LogP contribution in [0.1, 0.15) is 93.4 Å². The third-order valence-corrected chi connectivity index (χ3v) is 9.06. The molecule has 0 radical (unpaired) electrons. The smallest absolute Gasteiger partial charge is 0.0292 e. The van der Waals surface area contributed by atoms with Crippen LogP contribution in [0.15, 0.2) is 0 Å². The Morgan fingerprint density at radius 3 is 1.59 bits per heavy atom. The van der Waals surface area contributed by atoms with Crippen LogP contribution in [0.5, 0.6) is 0 Å². The molecule has 0 aromatic heterocycles. The van der Waals surface area contributed by atoms with Crippen molar-refractivity contribution in [3.05, 3.63) is 0 Å². The second-order valence-electron chi connectivity index (χ2n) is 10.9. The second kappa shape index (κ2) is 5.25. The SMILES string of the molecule is CCC1(C)CC(C(C)C2(C)CC(C(C)C3(C)CC(C)C3)C2)C1. The van der Waals surface area contributed by atoms with E-state index in [9.17, 15) is 0 Å². The summed E-state index contributed by atoms with van der Waals surface area (Å²) < 4.78 is 0. The lowest BCUT2D eigenvalue weighted by Crippen LogP contribution is -2.52. The molecule has 0 aliphatic heterocycles. The van der Waals surface area contributed by atoms with Gasteiger partial charge in [-0.2, -0.15) is 0 Å². The van der Waals surface area contributed by atoms with Crippen LogP contribution >= 0.6 is 0 Å². The van der Waals surface area contributed by atoms with E-state index in [-0.39, 0.29) is 0 Å². The zero-order valence-corrected chi connectivity index (χ0v) is 16.3. The summed E-state index contributed by atoms with van der Waals surface area (Å²) >= 11 is 0. The summed E-state index contributed by atoms with van der Waals surface area (Å²) in [5.74, 6) is 4.92. The Kier molecular flexibility index (Phi) is 4.02. The van der Waals surface area contributed by atoms with Gasteiger partial charge in [0, 0.05) is 0 Å². The van der Waals surface area contributed by atoms with Crippen LogP contribution in [-0.2, 0) is 0 Å². The first-order chi connectivity index (χ1) is 10.1. The van der Waals surface area contributed by atoms with Crippen molar-refractivity contribution >= 4 is 0 Å². The van der Waals surface area contributed by atoms with Gasteiger partial charge >= 0.3 is 0 Å². The van der Waals surface area contributed by atoms with Crippen LogP contribution in [0.3, 0.4) is 0 Å². The molecule has 3 aliphatic rings. The van der Waals surface area contributed by atoms with Crippen molar-refractivity contribution in [3.63, 3.8) is 0 Å². The van der Waals surface area contributed by atoms with Crippen LogP contribution in [-0.4, -0.2) is 0 Å². The van der Waals surface area contributed by atoms with Crippen LogP contribution in [0.4, 0.5) is 0 Å². The Morgan fingerprint density at radius 1 is 0.773 bits per heavy atom. The van der Waals surface area contributed by atoms with Gasteiger partial charge in [0.15, 0.2) is 0 Å². The van der Waals surface area contributed by atoms with Crippen molar-refractivity contribution in [1.29, 1.82) is 0 Å². The molecule has 3 aliphatic carbocycles. The minimum absolute atomic E-state index is 0.657. The van der Waals surface area contributed by atoms with E-state index >= 15 is 0 Å². The molecule has 0 N–H and O–H groups in total. The third kappa shape index (κ3) is 2.57. The maximum Gasteiger partial charge on any atom is -0.0292 e. The molecular weight excluding hydrogens is 264 g/mol. The lowest BCUT2D eigenvalue weighted by Gasteiger charge is -2.61. The second-order valence-corrected chi connectivity index (χ2v) is 10.9. The summed E-state index contributed by atoms with van der Waals surface area (Å²) in [5, 5.41) is 0. The van der Waals surface area contributed by atoms with E-state index in [1.54, 1.807) is 0 Å². The monoisotopic (exact) mass is 304 g/mol. The number of rotatable bonds is 5. The molecule has 0 amide bonds. The number of hydrogen-bond acceptors (Lipinski definition) is 0. The lowest BCUT2D eigenvalue weighted by molar-refractivity contribution is -0.113. The van der Waals surface area contributed by atoms with Gasteiger partial charge in [-0.3, -0.25) is 0 Å². The molecule has 0 heteroatoms. The summed E-state index contributed by atoms with van der Waals surface area (Å²) in [6, 6.07) is 0. The highest BCUT2D eigenvalue weighted by Crippen LogP contribution is 2.64. The Balaban J connectivity index is 1.51. The van der Waals surface area contributed by atoms with Crippen LogP contribution in [0.2, 0.25) is 0 Å². The van der Waals surface area contributed by atoms with E-state index in [4.69, 9.17) is 0 Å². The topological polar surface area (TPSA) is 0 Å². The van der Waals surface area contributed by atoms with Gasteiger partial charge in [0.2, 0.25) is 0 Å². The molecular formula is C22H40. The van der Waals surface area contributed by atoms with Gasteiger partial charge in [0.1, 0.15) is 0 Å². The molecule has 0 bridgehead atoms. The normalized spacial score (nSPS) is 53.9. The molecule has 3 rings (SSSR count). The summed E-state index contributed by atoms with van der Waals surface area (Å²) in [6.45, 7) is 17.6. The lowest BCUT2D eigenvalue weighted by atomic mass is 9.44. The molecule has 2 unspecified atom stereocenters. The fourth-order valence-electron chi connectivity index (χ4n) is 6.75. The molecule has 0 aromatic carbocycles. The van der Waals surface area contributed by atoms with E-state index in [1.807, 2.05) is 0 Å². The average Bonchev–Trinajstić information content (AvgIpc) is 2.37. The van der Waals surface area contributed by atoms with Gasteiger partial charge in [-0.15, -0.1) is 0 Å². The van der Waals surface area contributed by atoms with Gasteiger partial charge in [-0.05, 0) is 84.4 Å². The molecule has 0 nitrogen and oxygen atoms in total. The highest BCUT2D eigenvalue weighted by atomic mass is 14.6. The predicted octanol–water partition coefficient (Wildman–Crippen LogP) is 6.94. The maximum atomic E-state index is 2.61. The van der Waals surface area contributed by atoms with E-state index in [0.717, 1.165) is 29.6 Å². The molecule has 22 heavy (non-hydrogen) atoms. The van der Waals surface area contributed by atoms with Gasteiger partial charge in [0.05, 0.1) is 0 Å². The first-order valence-electron chi connectivity index (χ1n) is 10.1. The van der Waals surface area contributed by atoms with E-state index in [2.05, 4.69) is 48.5 Å². The highest BCUT2D eigenvalue weighted by Gasteiger charge is 2.55. The standard InChI is InChI=1S/C22H40/c1-8-20(5)11-18(12-20)16(3)22(7)13-19(14-22)17(4)21(6)9-15(2)10-21/h15-19H,8-14H2,1-7H3. The Bertz CT molecular complexity index is 402. The van der Waals surface area contributed by atoms with Crippen molar-refractivity contribution in [2.45, 2.75) is 93.4 Å². The Morgan fingerprint density at radius 2 is 1.18 bits per heavy atom. The summed E-state index contributed by atoms with van der Waals surface area (Å²) in [6.07, 6.45) is 10.4. The van der Waals surface area contributed by atoms with Gasteiger partial charge in [-0.1, -0.05) is 54.9 Å². The largest absolute Gasteiger partial charge is 0.0649 e. The summed E-state index contributed by atoms with van der Waals surface area (Å²) in [7, 11) is 0. The third-order valence-electron chi connectivity index (χ3n) is 9.06. The molecule has 3 fully saturated rings. The first-order valence-corrected chi connectivity index (χ1v) is 10.1. The molecule has 3 saturated carbocycles. The van der Waals surface area contributed by atoms with E-state index in [0.29, 0.717) is 16.2 Å². The fourth-order valence-corrected chi connectivity index (χ4v) is 6.75. The van der Waals surface area contributed by atoms with E-state index < -0.39 is 0 Å². The highest BCUT2D eigenvalue weighted by molar-refractivity contribution is 5.05. The van der Waals surface area contributed by atoms with Crippen molar-refractivity contribution in [1.82, 2.24) is 0 Å². The molecule has 0 heterocycles. The van der Waals surface area contributed by atoms with Crippen LogP contribution in [0, 0.1) is 45.8 Å². The van der Waals surface area contributed by atoms with Crippen LogP contribution < -0.4 is 0 Å². The molecule has 0 saturated heterocycles. The summed E-state index contributed by atoms with van der Waals surface area (Å²) in [5.41, 5.74) is 2.01. The molecule has 2 atom stereocenters. The zero-order chi connectivity index (χ0) is 16.3. The minimum Gasteiger partial charge on any atom is -0.0649 e. The zero-order valence-electron chi connectivity index (χ0n) is 16.3. The predicted molar refractivity (Wildman–Crippen MR) is 96.8 cm³/mol. The summed E-state index contributed by atoms with van der Waals surface area (Å²) in [4.78, 5) is 0. The number of hydrogen-bond donors (Lipinski definition) is 0. The maximum absolute atomic E-state index is 2.61. The quantitative estimate of drug-likeness (QED) is 0.516. The van der Waals surface area contributed by atoms with Crippen molar-refractivity contribution in [3.8, 4) is 0 Å². The Labute approximate surface area is 139 Å². The Hall–Kier alpha value is 0. The molecule has 128 valence electrons. The first kappa shape index (κ1) is 16.8.